The van der Waals surface area contributed by atoms with Crippen molar-refractivity contribution in [2.24, 2.45) is 5.41 Å². The lowest BCUT2D eigenvalue weighted by molar-refractivity contribution is -0.0464. The fourth-order valence-corrected chi connectivity index (χ4v) is 2.81. The van der Waals surface area contributed by atoms with Gasteiger partial charge in [0.25, 0.3) is 0 Å². The van der Waals surface area contributed by atoms with Crippen molar-refractivity contribution in [2.45, 2.75) is 32.8 Å². The van der Waals surface area contributed by atoms with Crippen molar-refractivity contribution < 1.29 is 4.74 Å². The highest BCUT2D eigenvalue weighted by Crippen LogP contribution is 2.29. The maximum atomic E-state index is 9.12. The molecule has 2 rings (SSSR count). The normalized spacial score (nSPS) is 29.9. The molecule has 4 heteroatoms. The van der Waals surface area contributed by atoms with Crippen LogP contribution in [-0.2, 0) is 4.74 Å². The van der Waals surface area contributed by atoms with Crippen molar-refractivity contribution in [1.82, 2.24) is 9.80 Å². The minimum Gasteiger partial charge on any atom is -0.374 e. The van der Waals surface area contributed by atoms with Gasteiger partial charge >= 0.3 is 0 Å². The Labute approximate surface area is 110 Å². The summed E-state index contributed by atoms with van der Waals surface area (Å²) in [4.78, 5) is 4.92. The molecule has 0 radical (unpaired) electrons. The van der Waals surface area contributed by atoms with Crippen molar-refractivity contribution in [3.05, 3.63) is 0 Å². The van der Waals surface area contributed by atoms with Gasteiger partial charge in [0, 0.05) is 19.6 Å². The number of piperidine rings is 1. The van der Waals surface area contributed by atoms with Crippen LogP contribution < -0.4 is 0 Å². The highest BCUT2D eigenvalue weighted by molar-refractivity contribution is 4.99. The molecule has 0 spiro atoms. The van der Waals surface area contributed by atoms with E-state index >= 15 is 0 Å². The number of nitrogens with zero attached hydrogens (tertiary/aromatic N) is 3. The third kappa shape index (κ3) is 3.44. The molecule has 0 bridgehead atoms. The molecular weight excluding hydrogens is 226 g/mol. The smallest absolute Gasteiger partial charge is 0.0829 e. The van der Waals surface area contributed by atoms with Crippen molar-refractivity contribution in [2.75, 3.05) is 45.9 Å². The van der Waals surface area contributed by atoms with Gasteiger partial charge in [0.1, 0.15) is 0 Å². The first-order valence-electron chi connectivity index (χ1n) is 7.13. The summed E-state index contributed by atoms with van der Waals surface area (Å²) >= 11 is 0. The first-order chi connectivity index (χ1) is 8.65. The third-order valence-electron chi connectivity index (χ3n) is 4.36. The fourth-order valence-electron chi connectivity index (χ4n) is 2.81. The van der Waals surface area contributed by atoms with E-state index in [0.717, 1.165) is 58.7 Å². The molecule has 18 heavy (non-hydrogen) atoms. The van der Waals surface area contributed by atoms with Gasteiger partial charge in [0.05, 0.1) is 24.2 Å². The second-order valence-corrected chi connectivity index (χ2v) is 5.86. The van der Waals surface area contributed by atoms with Gasteiger partial charge in [-0.15, -0.1) is 0 Å². The number of morpholine rings is 1. The lowest BCUT2D eigenvalue weighted by atomic mass is 9.82. The highest BCUT2D eigenvalue weighted by Gasteiger charge is 2.31. The first kappa shape index (κ1) is 13.8. The molecule has 1 unspecified atom stereocenters. The zero-order chi connectivity index (χ0) is 13.0. The summed E-state index contributed by atoms with van der Waals surface area (Å²) in [6.45, 7) is 11.5. The minimum atomic E-state index is -0.0978. The zero-order valence-corrected chi connectivity index (χ0v) is 11.7. The Kier molecular flexibility index (Phi) is 4.60. The number of nitriles is 1. The Morgan fingerprint density at radius 2 is 2.00 bits per heavy atom. The van der Waals surface area contributed by atoms with E-state index in [2.05, 4.69) is 29.7 Å². The van der Waals surface area contributed by atoms with Gasteiger partial charge in [0.2, 0.25) is 0 Å². The Bertz CT molecular complexity index is 305. The van der Waals surface area contributed by atoms with Crippen LogP contribution >= 0.6 is 0 Å². The van der Waals surface area contributed by atoms with E-state index < -0.39 is 0 Å². The quantitative estimate of drug-likeness (QED) is 0.759. The average molecular weight is 251 g/mol. The van der Waals surface area contributed by atoms with Crippen LogP contribution in [0.3, 0.4) is 0 Å². The number of likely N-dealkylation sites (N-methyl/N-ethyl adjacent to an activating group) is 1. The molecule has 2 saturated heterocycles. The standard InChI is InChI=1S/C14H25N3O/c1-3-16-8-9-18-13(10-16)11-17-6-4-14(2,12-15)5-7-17/h13H,3-11H2,1-2H3. The van der Waals surface area contributed by atoms with E-state index in [0.29, 0.717) is 6.10 Å². The monoisotopic (exact) mass is 251 g/mol. The van der Waals surface area contributed by atoms with Crippen LogP contribution in [0.25, 0.3) is 0 Å². The lowest BCUT2D eigenvalue weighted by Crippen LogP contribution is -2.49. The molecule has 0 saturated carbocycles. The Hall–Kier alpha value is -0.630. The number of hydrogen-bond acceptors (Lipinski definition) is 4. The molecule has 0 aromatic carbocycles. The molecule has 0 N–H and O–H groups in total. The molecule has 1 atom stereocenters. The molecule has 4 nitrogen and oxygen atoms in total. The zero-order valence-electron chi connectivity index (χ0n) is 11.7. The van der Waals surface area contributed by atoms with Crippen LogP contribution in [0.15, 0.2) is 0 Å². The Morgan fingerprint density at radius 1 is 1.28 bits per heavy atom. The van der Waals surface area contributed by atoms with E-state index in [-0.39, 0.29) is 5.41 Å². The molecule has 0 aromatic heterocycles. The molecule has 0 aromatic rings. The molecule has 2 heterocycles. The summed E-state index contributed by atoms with van der Waals surface area (Å²) < 4.78 is 5.84. The minimum absolute atomic E-state index is 0.0978. The second-order valence-electron chi connectivity index (χ2n) is 5.86. The summed E-state index contributed by atoms with van der Waals surface area (Å²) in [5, 5.41) is 9.12. The third-order valence-corrected chi connectivity index (χ3v) is 4.36. The van der Waals surface area contributed by atoms with Gasteiger partial charge in [-0.25, -0.2) is 0 Å². The maximum Gasteiger partial charge on any atom is 0.0829 e. The molecule has 2 aliphatic rings. The largest absolute Gasteiger partial charge is 0.374 e. The molecular formula is C14H25N3O. The summed E-state index contributed by atoms with van der Waals surface area (Å²) in [5.41, 5.74) is -0.0978. The van der Waals surface area contributed by atoms with Gasteiger partial charge in [-0.05, 0) is 39.4 Å². The summed E-state index contributed by atoms with van der Waals surface area (Å²) in [6.07, 6.45) is 2.34. The molecule has 102 valence electrons. The predicted octanol–water partition coefficient (Wildman–Crippen LogP) is 1.33. The Morgan fingerprint density at radius 3 is 2.61 bits per heavy atom. The van der Waals surface area contributed by atoms with Crippen LogP contribution in [0, 0.1) is 16.7 Å². The van der Waals surface area contributed by atoms with Crippen molar-refractivity contribution in [3.63, 3.8) is 0 Å². The van der Waals surface area contributed by atoms with Crippen molar-refractivity contribution >= 4 is 0 Å². The van der Waals surface area contributed by atoms with Gasteiger partial charge in [-0.3, -0.25) is 4.90 Å². The predicted molar refractivity (Wildman–Crippen MR) is 71.2 cm³/mol. The number of hydrogen-bond donors (Lipinski definition) is 0. The molecule has 0 aliphatic carbocycles. The first-order valence-corrected chi connectivity index (χ1v) is 7.13. The SMILES string of the molecule is CCN1CCOC(CN2CCC(C)(C#N)CC2)C1. The van der Waals surface area contributed by atoms with E-state index in [9.17, 15) is 0 Å². The van der Waals surface area contributed by atoms with E-state index in [1.165, 1.54) is 0 Å². The highest BCUT2D eigenvalue weighted by atomic mass is 16.5. The van der Waals surface area contributed by atoms with E-state index in [1.807, 2.05) is 0 Å². The number of ether oxygens (including phenoxy) is 1. The van der Waals surface area contributed by atoms with Crippen molar-refractivity contribution in [3.8, 4) is 6.07 Å². The Balaban J connectivity index is 1.76. The fraction of sp³-hybridized carbons (Fsp3) is 0.929. The lowest BCUT2D eigenvalue weighted by Gasteiger charge is -2.39. The topological polar surface area (TPSA) is 39.5 Å². The summed E-state index contributed by atoms with van der Waals surface area (Å²) in [6, 6.07) is 2.45. The second kappa shape index (κ2) is 6.01. The molecule has 2 aliphatic heterocycles. The summed E-state index contributed by atoms with van der Waals surface area (Å²) in [5.74, 6) is 0. The van der Waals surface area contributed by atoms with Crippen LogP contribution in [-0.4, -0.2) is 61.8 Å². The van der Waals surface area contributed by atoms with Crippen LogP contribution in [0.1, 0.15) is 26.7 Å². The number of rotatable bonds is 3. The van der Waals surface area contributed by atoms with Crippen molar-refractivity contribution in [1.29, 1.82) is 5.26 Å². The number of likely N-dealkylation sites (tertiary alicyclic amines) is 1. The van der Waals surface area contributed by atoms with Gasteiger partial charge in [-0.2, -0.15) is 5.26 Å². The van der Waals surface area contributed by atoms with Gasteiger partial charge in [0.15, 0.2) is 0 Å². The van der Waals surface area contributed by atoms with Crippen LogP contribution in [0.2, 0.25) is 0 Å². The van der Waals surface area contributed by atoms with E-state index in [4.69, 9.17) is 10.00 Å². The van der Waals surface area contributed by atoms with Gasteiger partial charge < -0.3 is 9.64 Å². The van der Waals surface area contributed by atoms with Crippen LogP contribution in [0.4, 0.5) is 0 Å². The van der Waals surface area contributed by atoms with Gasteiger partial charge in [-0.1, -0.05) is 6.92 Å². The molecule has 0 amide bonds. The molecule has 2 fully saturated rings. The van der Waals surface area contributed by atoms with E-state index in [1.54, 1.807) is 0 Å². The van der Waals surface area contributed by atoms with Crippen LogP contribution in [0.5, 0.6) is 0 Å². The maximum absolute atomic E-state index is 9.12. The summed E-state index contributed by atoms with van der Waals surface area (Å²) in [7, 11) is 0. The average Bonchev–Trinajstić information content (AvgIpc) is 2.42.